The number of ketones is 1. The number of methoxy groups -OCH3 is 1. The molecule has 1 rings (SSSR count). The Morgan fingerprint density at radius 1 is 1.36 bits per heavy atom. The summed E-state index contributed by atoms with van der Waals surface area (Å²) in [7, 11) is 1.19. The lowest BCUT2D eigenvalue weighted by Gasteiger charge is -2.01. The van der Waals surface area contributed by atoms with Crippen LogP contribution < -0.4 is 0 Å². The zero-order chi connectivity index (χ0) is 10.7. The standard InChI is InChI=1S/C10H9BrO3/c1-6-5-7(3-4-8(6)11)9(12)10(13)14-2/h3-5H,1-2H3. The number of hydrogen-bond donors (Lipinski definition) is 0. The van der Waals surface area contributed by atoms with Crippen molar-refractivity contribution in [2.45, 2.75) is 6.92 Å². The Bertz CT molecular complexity index is 385. The monoisotopic (exact) mass is 256 g/mol. The van der Waals surface area contributed by atoms with E-state index in [0.717, 1.165) is 10.0 Å². The lowest BCUT2D eigenvalue weighted by Crippen LogP contribution is -2.15. The number of carbonyl (C=O) groups is 2. The largest absolute Gasteiger partial charge is 0.463 e. The Balaban J connectivity index is 3.03. The van der Waals surface area contributed by atoms with Crippen LogP contribution in [0.1, 0.15) is 15.9 Å². The number of ether oxygens (including phenoxy) is 1. The van der Waals surface area contributed by atoms with Crippen LogP contribution in [0.2, 0.25) is 0 Å². The highest BCUT2D eigenvalue weighted by molar-refractivity contribution is 9.10. The van der Waals surface area contributed by atoms with Crippen LogP contribution >= 0.6 is 15.9 Å². The summed E-state index contributed by atoms with van der Waals surface area (Å²) in [6, 6.07) is 4.95. The molecule has 0 radical (unpaired) electrons. The average Bonchev–Trinajstić information content (AvgIpc) is 2.20. The van der Waals surface area contributed by atoms with E-state index in [4.69, 9.17) is 0 Å². The molecule has 0 fully saturated rings. The molecule has 1 aromatic carbocycles. The van der Waals surface area contributed by atoms with Gasteiger partial charge in [0.25, 0.3) is 5.78 Å². The molecule has 0 bridgehead atoms. The van der Waals surface area contributed by atoms with Gasteiger partial charge in [-0.05, 0) is 30.7 Å². The Labute approximate surface area is 90.2 Å². The normalized spacial score (nSPS) is 9.64. The number of rotatable bonds is 2. The second kappa shape index (κ2) is 4.37. The molecule has 0 aliphatic carbocycles. The van der Waals surface area contributed by atoms with E-state index >= 15 is 0 Å². The smallest absolute Gasteiger partial charge is 0.379 e. The summed E-state index contributed by atoms with van der Waals surface area (Å²) in [6.07, 6.45) is 0. The molecule has 14 heavy (non-hydrogen) atoms. The summed E-state index contributed by atoms with van der Waals surface area (Å²) < 4.78 is 5.24. The fourth-order valence-electron chi connectivity index (χ4n) is 0.996. The highest BCUT2D eigenvalue weighted by Crippen LogP contribution is 2.17. The quantitative estimate of drug-likeness (QED) is 0.463. The number of carbonyl (C=O) groups excluding carboxylic acids is 2. The zero-order valence-electron chi connectivity index (χ0n) is 7.83. The number of hydrogen-bond acceptors (Lipinski definition) is 3. The number of Topliss-reactive ketones (excluding diaryl/α,β-unsaturated/α-hetero) is 1. The molecule has 1 aromatic rings. The maximum atomic E-state index is 11.3. The molecule has 3 nitrogen and oxygen atoms in total. The molecule has 4 heteroatoms. The van der Waals surface area contributed by atoms with E-state index in [-0.39, 0.29) is 0 Å². The second-order valence-electron chi connectivity index (χ2n) is 2.78. The van der Waals surface area contributed by atoms with Gasteiger partial charge in [-0.1, -0.05) is 15.9 Å². The van der Waals surface area contributed by atoms with Gasteiger partial charge in [-0.25, -0.2) is 4.79 Å². The van der Waals surface area contributed by atoms with Gasteiger partial charge in [-0.2, -0.15) is 0 Å². The Kier molecular flexibility index (Phi) is 3.41. The Hall–Kier alpha value is -1.16. The predicted octanol–water partition coefficient (Wildman–Crippen LogP) is 2.11. The van der Waals surface area contributed by atoms with Crippen LogP contribution in [0.15, 0.2) is 22.7 Å². The van der Waals surface area contributed by atoms with Gasteiger partial charge in [0.05, 0.1) is 7.11 Å². The topological polar surface area (TPSA) is 43.4 Å². The lowest BCUT2D eigenvalue weighted by molar-refractivity contribution is -0.135. The molecule has 0 atom stereocenters. The number of esters is 1. The van der Waals surface area contributed by atoms with E-state index in [2.05, 4.69) is 20.7 Å². The van der Waals surface area contributed by atoms with Crippen molar-refractivity contribution >= 4 is 27.7 Å². The minimum atomic E-state index is -0.841. The molecule has 0 spiro atoms. The van der Waals surface area contributed by atoms with Gasteiger partial charge in [0.15, 0.2) is 0 Å². The van der Waals surface area contributed by atoms with E-state index in [1.165, 1.54) is 7.11 Å². The van der Waals surface area contributed by atoms with Gasteiger partial charge in [-0.15, -0.1) is 0 Å². The van der Waals surface area contributed by atoms with Crippen LogP contribution in [0.3, 0.4) is 0 Å². The van der Waals surface area contributed by atoms with Crippen molar-refractivity contribution in [3.8, 4) is 0 Å². The first kappa shape index (κ1) is 10.9. The van der Waals surface area contributed by atoms with Crippen molar-refractivity contribution in [2.24, 2.45) is 0 Å². The van der Waals surface area contributed by atoms with Crippen LogP contribution in [0.25, 0.3) is 0 Å². The average molecular weight is 257 g/mol. The van der Waals surface area contributed by atoms with E-state index in [1.807, 2.05) is 6.92 Å². The molecule has 0 saturated carbocycles. The minimum Gasteiger partial charge on any atom is -0.463 e. The first-order valence-electron chi connectivity index (χ1n) is 3.95. The Morgan fingerprint density at radius 2 is 2.00 bits per heavy atom. The fraction of sp³-hybridized carbons (Fsp3) is 0.200. The van der Waals surface area contributed by atoms with Gasteiger partial charge in [-0.3, -0.25) is 4.79 Å². The van der Waals surface area contributed by atoms with Crippen LogP contribution in [-0.2, 0) is 9.53 Å². The minimum absolute atomic E-state index is 0.345. The van der Waals surface area contributed by atoms with Gasteiger partial charge in [0.1, 0.15) is 0 Å². The van der Waals surface area contributed by atoms with E-state index in [0.29, 0.717) is 5.56 Å². The van der Waals surface area contributed by atoms with Crippen molar-refractivity contribution in [1.82, 2.24) is 0 Å². The molecule has 0 aliphatic heterocycles. The lowest BCUT2D eigenvalue weighted by atomic mass is 10.1. The third-order valence-electron chi connectivity index (χ3n) is 1.79. The Morgan fingerprint density at radius 3 is 2.50 bits per heavy atom. The molecule has 0 N–H and O–H groups in total. The summed E-state index contributed by atoms with van der Waals surface area (Å²) in [5.41, 5.74) is 1.25. The molecule has 0 unspecified atom stereocenters. The number of aryl methyl sites for hydroxylation is 1. The highest BCUT2D eigenvalue weighted by Gasteiger charge is 2.16. The van der Waals surface area contributed by atoms with Crippen molar-refractivity contribution in [2.75, 3.05) is 7.11 Å². The second-order valence-corrected chi connectivity index (χ2v) is 3.64. The first-order valence-corrected chi connectivity index (χ1v) is 4.74. The van der Waals surface area contributed by atoms with Crippen molar-refractivity contribution in [3.63, 3.8) is 0 Å². The molecule has 0 saturated heterocycles. The highest BCUT2D eigenvalue weighted by atomic mass is 79.9. The molecular formula is C10H9BrO3. The third-order valence-corrected chi connectivity index (χ3v) is 2.68. The van der Waals surface area contributed by atoms with Crippen LogP contribution in [0.5, 0.6) is 0 Å². The van der Waals surface area contributed by atoms with Crippen molar-refractivity contribution in [3.05, 3.63) is 33.8 Å². The van der Waals surface area contributed by atoms with Gasteiger partial charge in [0, 0.05) is 10.0 Å². The van der Waals surface area contributed by atoms with Gasteiger partial charge in [0.2, 0.25) is 0 Å². The van der Waals surface area contributed by atoms with Gasteiger partial charge >= 0.3 is 5.97 Å². The number of benzene rings is 1. The van der Waals surface area contributed by atoms with E-state index < -0.39 is 11.8 Å². The SMILES string of the molecule is COC(=O)C(=O)c1ccc(Br)c(C)c1. The fourth-order valence-corrected chi connectivity index (χ4v) is 1.24. The first-order chi connectivity index (χ1) is 6.56. The summed E-state index contributed by atoms with van der Waals surface area (Å²) in [5.74, 6) is -1.46. The maximum absolute atomic E-state index is 11.3. The number of halogens is 1. The van der Waals surface area contributed by atoms with E-state index in [9.17, 15) is 9.59 Å². The molecule has 0 amide bonds. The predicted molar refractivity (Wildman–Crippen MR) is 55.2 cm³/mol. The summed E-state index contributed by atoms with van der Waals surface area (Å²) in [6.45, 7) is 1.85. The summed E-state index contributed by atoms with van der Waals surface area (Å²) in [4.78, 5) is 22.3. The van der Waals surface area contributed by atoms with Crippen molar-refractivity contribution in [1.29, 1.82) is 0 Å². The molecular weight excluding hydrogens is 248 g/mol. The summed E-state index contributed by atoms with van der Waals surface area (Å²) >= 11 is 3.31. The molecule has 0 heterocycles. The van der Waals surface area contributed by atoms with E-state index in [1.54, 1.807) is 18.2 Å². The summed E-state index contributed by atoms with van der Waals surface area (Å²) in [5, 5.41) is 0. The van der Waals surface area contributed by atoms with Crippen LogP contribution in [-0.4, -0.2) is 18.9 Å². The zero-order valence-corrected chi connectivity index (χ0v) is 9.42. The maximum Gasteiger partial charge on any atom is 0.379 e. The van der Waals surface area contributed by atoms with Gasteiger partial charge < -0.3 is 4.74 Å². The third kappa shape index (κ3) is 2.20. The van der Waals surface area contributed by atoms with Crippen LogP contribution in [0.4, 0.5) is 0 Å². The van der Waals surface area contributed by atoms with Crippen molar-refractivity contribution < 1.29 is 14.3 Å². The van der Waals surface area contributed by atoms with Crippen LogP contribution in [0, 0.1) is 6.92 Å². The molecule has 0 aliphatic rings. The molecule has 74 valence electrons. The molecule has 0 aromatic heterocycles.